The number of anilines is 2. The molecular formula is C24H25N5O7. The fourth-order valence-electron chi connectivity index (χ4n) is 3.64. The third-order valence-corrected chi connectivity index (χ3v) is 5.35. The molecule has 2 heterocycles. The number of aliphatic carboxylic acids is 1. The van der Waals surface area contributed by atoms with Gasteiger partial charge in [0.1, 0.15) is 11.8 Å². The molecule has 0 radical (unpaired) electrons. The number of benzene rings is 2. The Morgan fingerprint density at radius 3 is 2.78 bits per heavy atom. The molecule has 2 aromatic carbocycles. The van der Waals surface area contributed by atoms with Gasteiger partial charge in [-0.05, 0) is 36.2 Å². The summed E-state index contributed by atoms with van der Waals surface area (Å²) in [6.45, 7) is 2.00. The first kappa shape index (κ1) is 24.5. The lowest BCUT2D eigenvalue weighted by Gasteiger charge is -2.26. The molecule has 0 spiro atoms. The highest BCUT2D eigenvalue weighted by Crippen LogP contribution is 2.31. The lowest BCUT2D eigenvalue weighted by molar-refractivity contribution is -0.139. The van der Waals surface area contributed by atoms with Gasteiger partial charge in [0.25, 0.3) is 5.91 Å². The monoisotopic (exact) mass is 495 g/mol. The fraction of sp³-hybridized carbons (Fsp3) is 0.292. The number of hydrogen-bond donors (Lipinski definition) is 5. The number of nitrogens with one attached hydrogen (secondary N) is 4. The van der Waals surface area contributed by atoms with Crippen LogP contribution in [-0.2, 0) is 25.5 Å². The number of carboxylic acid groups (broad SMARTS) is 1. The van der Waals surface area contributed by atoms with Crippen LogP contribution in [0.15, 0.2) is 42.5 Å². The number of aromatic amines is 1. The molecule has 0 fully saturated rings. The molecule has 0 saturated carbocycles. The molecule has 1 aliphatic rings. The van der Waals surface area contributed by atoms with E-state index < -0.39 is 36.0 Å². The number of rotatable bonds is 9. The summed E-state index contributed by atoms with van der Waals surface area (Å²) in [4.78, 5) is 55.6. The number of carboxylic acids is 1. The molecule has 0 bridgehead atoms. The SMILES string of the molecule is CCCOC(=O)N[C@@H](Cc1ccc2c(c1)NC(=O)C(CC(=O)Nc1nc3ccccc3[nH]1)O2)C(=O)O. The number of hydrogen-bond acceptors (Lipinski definition) is 7. The van der Waals surface area contributed by atoms with Crippen molar-refractivity contribution in [3.63, 3.8) is 0 Å². The van der Waals surface area contributed by atoms with Crippen LogP contribution in [-0.4, -0.2) is 57.7 Å². The van der Waals surface area contributed by atoms with Crippen molar-refractivity contribution in [3.05, 3.63) is 48.0 Å². The van der Waals surface area contributed by atoms with Crippen LogP contribution in [0.3, 0.4) is 0 Å². The highest BCUT2D eigenvalue weighted by atomic mass is 16.5. The number of imidazole rings is 1. The van der Waals surface area contributed by atoms with E-state index in [4.69, 9.17) is 9.47 Å². The first-order valence-corrected chi connectivity index (χ1v) is 11.3. The van der Waals surface area contributed by atoms with Crippen LogP contribution >= 0.6 is 0 Å². The highest BCUT2D eigenvalue weighted by molar-refractivity contribution is 6.02. The van der Waals surface area contributed by atoms with E-state index in [2.05, 4.69) is 25.9 Å². The fourth-order valence-corrected chi connectivity index (χ4v) is 3.64. The average molecular weight is 495 g/mol. The smallest absolute Gasteiger partial charge is 0.407 e. The van der Waals surface area contributed by atoms with Crippen molar-refractivity contribution in [2.75, 3.05) is 17.2 Å². The van der Waals surface area contributed by atoms with E-state index in [1.807, 2.05) is 25.1 Å². The highest BCUT2D eigenvalue weighted by Gasteiger charge is 2.31. The second-order valence-corrected chi connectivity index (χ2v) is 8.16. The van der Waals surface area contributed by atoms with Gasteiger partial charge in [-0.15, -0.1) is 0 Å². The zero-order chi connectivity index (χ0) is 25.7. The number of ether oxygens (including phenoxy) is 2. The first-order chi connectivity index (χ1) is 17.3. The Morgan fingerprint density at radius 1 is 1.22 bits per heavy atom. The Balaban J connectivity index is 1.37. The summed E-state index contributed by atoms with van der Waals surface area (Å²) in [6, 6.07) is 10.8. The Labute approximate surface area is 205 Å². The Kier molecular flexibility index (Phi) is 7.33. The molecular weight excluding hydrogens is 470 g/mol. The van der Waals surface area contributed by atoms with Crippen LogP contribution in [0, 0.1) is 0 Å². The number of aromatic nitrogens is 2. The van der Waals surface area contributed by atoms with E-state index in [0.717, 1.165) is 5.52 Å². The van der Waals surface area contributed by atoms with E-state index in [0.29, 0.717) is 28.9 Å². The number of H-pyrrole nitrogens is 1. The maximum atomic E-state index is 12.6. The largest absolute Gasteiger partial charge is 0.480 e. The van der Waals surface area contributed by atoms with Crippen molar-refractivity contribution in [2.24, 2.45) is 0 Å². The van der Waals surface area contributed by atoms with Crippen molar-refractivity contribution in [1.82, 2.24) is 15.3 Å². The van der Waals surface area contributed by atoms with Crippen molar-refractivity contribution in [3.8, 4) is 5.75 Å². The number of alkyl carbamates (subject to hydrolysis) is 1. The van der Waals surface area contributed by atoms with Gasteiger partial charge in [0.2, 0.25) is 11.9 Å². The molecule has 1 aliphatic heterocycles. The second kappa shape index (κ2) is 10.8. The maximum Gasteiger partial charge on any atom is 0.407 e. The minimum absolute atomic E-state index is 0.0386. The van der Waals surface area contributed by atoms with Gasteiger partial charge in [-0.2, -0.15) is 0 Å². The van der Waals surface area contributed by atoms with Crippen LogP contribution in [0.25, 0.3) is 11.0 Å². The van der Waals surface area contributed by atoms with E-state index in [1.165, 1.54) is 0 Å². The summed E-state index contributed by atoms with van der Waals surface area (Å²) in [7, 11) is 0. The molecule has 5 N–H and O–H groups in total. The molecule has 1 unspecified atom stereocenters. The summed E-state index contributed by atoms with van der Waals surface area (Å²) in [6.07, 6.45) is -1.55. The van der Waals surface area contributed by atoms with E-state index in [1.54, 1.807) is 24.3 Å². The quantitative estimate of drug-likeness (QED) is 0.301. The molecule has 1 aromatic heterocycles. The van der Waals surface area contributed by atoms with Gasteiger partial charge in [-0.25, -0.2) is 14.6 Å². The van der Waals surface area contributed by atoms with E-state index in [9.17, 15) is 24.3 Å². The number of amides is 3. The van der Waals surface area contributed by atoms with Gasteiger partial charge >= 0.3 is 12.1 Å². The first-order valence-electron chi connectivity index (χ1n) is 11.3. The predicted octanol–water partition coefficient (Wildman–Crippen LogP) is 2.42. The number of carbonyl (C=O) groups excluding carboxylic acids is 3. The van der Waals surface area contributed by atoms with Gasteiger partial charge in [-0.1, -0.05) is 25.1 Å². The number of nitrogens with zero attached hydrogens (tertiary/aromatic N) is 1. The molecule has 3 aromatic rings. The van der Waals surface area contributed by atoms with Gasteiger partial charge in [0.15, 0.2) is 6.10 Å². The van der Waals surface area contributed by atoms with Gasteiger partial charge in [-0.3, -0.25) is 14.9 Å². The van der Waals surface area contributed by atoms with Crippen molar-refractivity contribution < 1.29 is 33.8 Å². The van der Waals surface area contributed by atoms with Gasteiger partial charge < -0.3 is 30.2 Å². The summed E-state index contributed by atoms with van der Waals surface area (Å²) in [5, 5.41) is 17.1. The molecule has 188 valence electrons. The number of para-hydroxylation sites is 2. The lowest BCUT2D eigenvalue weighted by atomic mass is 10.0. The minimum atomic E-state index is -1.23. The van der Waals surface area contributed by atoms with Crippen LogP contribution in [0.2, 0.25) is 0 Å². The number of fused-ring (bicyclic) bond motifs is 2. The average Bonchev–Trinajstić information content (AvgIpc) is 3.25. The van der Waals surface area contributed by atoms with Crippen LogP contribution in [0.1, 0.15) is 25.3 Å². The molecule has 3 amide bonds. The van der Waals surface area contributed by atoms with Crippen molar-refractivity contribution in [2.45, 2.75) is 38.3 Å². The normalized spacial score (nSPS) is 15.2. The molecule has 12 heteroatoms. The molecule has 0 saturated heterocycles. The van der Waals surface area contributed by atoms with Gasteiger partial charge in [0, 0.05) is 6.42 Å². The molecule has 0 aliphatic carbocycles. The molecule has 2 atom stereocenters. The molecule has 4 rings (SSSR count). The standard InChI is InChI=1S/C24H25N5O7/c1-2-9-35-24(34)28-17(22(32)33)11-13-7-8-18-16(10-13)25-21(31)19(36-18)12-20(30)29-23-26-14-5-3-4-6-15(14)27-23/h3-8,10,17,19H,2,9,11-12H2,1H3,(H,25,31)(H,28,34)(H,32,33)(H2,26,27,29,30)/t17-,19?/m0/s1. The third kappa shape index (κ3) is 5.90. The van der Waals surface area contributed by atoms with Gasteiger partial charge in [0.05, 0.1) is 29.7 Å². The Bertz CT molecular complexity index is 1270. The summed E-state index contributed by atoms with van der Waals surface area (Å²) in [5.41, 5.74) is 2.34. The summed E-state index contributed by atoms with van der Waals surface area (Å²) in [5.74, 6) is -1.60. The lowest BCUT2D eigenvalue weighted by Crippen LogP contribution is -2.42. The zero-order valence-corrected chi connectivity index (χ0v) is 19.4. The van der Waals surface area contributed by atoms with E-state index in [-0.39, 0.29) is 25.4 Å². The zero-order valence-electron chi connectivity index (χ0n) is 19.4. The van der Waals surface area contributed by atoms with Crippen molar-refractivity contribution in [1.29, 1.82) is 0 Å². The molecule has 36 heavy (non-hydrogen) atoms. The Morgan fingerprint density at radius 2 is 2.03 bits per heavy atom. The minimum Gasteiger partial charge on any atom is -0.480 e. The van der Waals surface area contributed by atoms with Crippen LogP contribution in [0.5, 0.6) is 5.75 Å². The summed E-state index contributed by atoms with van der Waals surface area (Å²) < 4.78 is 10.6. The van der Waals surface area contributed by atoms with E-state index >= 15 is 0 Å². The van der Waals surface area contributed by atoms with Crippen LogP contribution in [0.4, 0.5) is 16.4 Å². The topological polar surface area (TPSA) is 172 Å². The summed E-state index contributed by atoms with van der Waals surface area (Å²) >= 11 is 0. The maximum absolute atomic E-state index is 12.6. The van der Waals surface area contributed by atoms with Crippen LogP contribution < -0.4 is 20.7 Å². The third-order valence-electron chi connectivity index (χ3n) is 5.35. The van der Waals surface area contributed by atoms with Crippen molar-refractivity contribution >= 4 is 46.5 Å². The Hall–Kier alpha value is -4.61. The number of carbonyl (C=O) groups is 4. The second-order valence-electron chi connectivity index (χ2n) is 8.16. The predicted molar refractivity (Wildman–Crippen MR) is 129 cm³/mol. The molecule has 12 nitrogen and oxygen atoms in total.